The fourth-order valence-electron chi connectivity index (χ4n) is 4.39. The van der Waals surface area contributed by atoms with Gasteiger partial charge in [-0.15, -0.1) is 0 Å². The Balaban J connectivity index is 1.68. The Morgan fingerprint density at radius 2 is 1.93 bits per heavy atom. The van der Waals surface area contributed by atoms with E-state index < -0.39 is 0 Å². The van der Waals surface area contributed by atoms with E-state index in [2.05, 4.69) is 11.5 Å². The minimum atomic E-state index is -0.0580. The minimum Gasteiger partial charge on any atom is -0.376 e. The van der Waals surface area contributed by atoms with Crippen molar-refractivity contribution in [2.45, 2.75) is 64.6 Å². The lowest BCUT2D eigenvalue weighted by molar-refractivity contribution is 0.0960. The first kappa shape index (κ1) is 19.2. The molecule has 0 aliphatic carbocycles. The summed E-state index contributed by atoms with van der Waals surface area (Å²) in [6, 6.07) is 7.81. The molecule has 4 aromatic rings. The number of aryl methyl sites for hydroxylation is 1. The molecule has 4 heterocycles. The van der Waals surface area contributed by atoms with Crippen LogP contribution in [0.15, 0.2) is 35.4 Å². The van der Waals surface area contributed by atoms with Gasteiger partial charge in [0.25, 0.3) is 5.56 Å². The van der Waals surface area contributed by atoms with E-state index in [0.29, 0.717) is 23.1 Å². The number of hydrogen-bond donors (Lipinski definition) is 0. The van der Waals surface area contributed by atoms with Gasteiger partial charge in [0.2, 0.25) is 0 Å². The van der Waals surface area contributed by atoms with E-state index in [1.165, 1.54) is 12.8 Å². The molecule has 1 saturated heterocycles. The molecule has 7 heteroatoms. The van der Waals surface area contributed by atoms with E-state index in [-0.39, 0.29) is 11.7 Å². The minimum absolute atomic E-state index is 0.0580. The Kier molecular flexibility index (Phi) is 5.21. The summed E-state index contributed by atoms with van der Waals surface area (Å²) in [7, 11) is 0. The van der Waals surface area contributed by atoms with Crippen LogP contribution in [0.1, 0.15) is 45.4 Å². The van der Waals surface area contributed by atoms with Crippen molar-refractivity contribution in [3.63, 3.8) is 0 Å². The molecular formula is C23H27N5O2. The van der Waals surface area contributed by atoms with Crippen LogP contribution in [0.4, 0.5) is 0 Å². The van der Waals surface area contributed by atoms with Gasteiger partial charge in [-0.1, -0.05) is 38.3 Å². The second-order valence-electron chi connectivity index (χ2n) is 8.13. The molecule has 3 aromatic heterocycles. The van der Waals surface area contributed by atoms with Crippen molar-refractivity contribution in [1.82, 2.24) is 24.1 Å². The molecule has 30 heavy (non-hydrogen) atoms. The van der Waals surface area contributed by atoms with Gasteiger partial charge in [-0.25, -0.2) is 15.0 Å². The molecule has 0 spiro atoms. The molecule has 0 bridgehead atoms. The molecule has 1 aromatic carbocycles. The van der Waals surface area contributed by atoms with Crippen LogP contribution in [0.25, 0.3) is 33.2 Å². The molecule has 1 aliphatic heterocycles. The van der Waals surface area contributed by atoms with Crippen molar-refractivity contribution in [3.05, 3.63) is 40.9 Å². The summed E-state index contributed by atoms with van der Waals surface area (Å²) in [5, 5.41) is 0.569. The number of hydrogen-bond acceptors (Lipinski definition) is 5. The normalized spacial score (nSPS) is 16.9. The molecule has 156 valence electrons. The number of aromatic nitrogens is 5. The Morgan fingerprint density at radius 3 is 2.70 bits per heavy atom. The molecule has 0 amide bonds. The fraction of sp³-hybridized carbons (Fsp3) is 0.478. The van der Waals surface area contributed by atoms with Crippen LogP contribution in [0, 0.1) is 0 Å². The average Bonchev–Trinajstić information content (AvgIpc) is 3.38. The third-order valence-corrected chi connectivity index (χ3v) is 5.98. The lowest BCUT2D eigenvalue weighted by atomic mass is 10.2. The molecular weight excluding hydrogens is 378 g/mol. The first-order valence-electron chi connectivity index (χ1n) is 11.0. The highest BCUT2D eigenvalue weighted by atomic mass is 16.5. The molecule has 7 nitrogen and oxygen atoms in total. The zero-order valence-electron chi connectivity index (χ0n) is 17.4. The summed E-state index contributed by atoms with van der Waals surface area (Å²) in [5.41, 5.74) is 3.66. The number of rotatable bonds is 7. The maximum atomic E-state index is 13.4. The largest absolute Gasteiger partial charge is 0.376 e. The predicted octanol–water partition coefficient (Wildman–Crippen LogP) is 4.05. The molecule has 0 saturated carbocycles. The highest BCUT2D eigenvalue weighted by molar-refractivity contribution is 6.04. The average molecular weight is 406 g/mol. The maximum Gasteiger partial charge on any atom is 0.265 e. The lowest BCUT2D eigenvalue weighted by Gasteiger charge is -2.11. The second-order valence-corrected chi connectivity index (χ2v) is 8.13. The number of nitrogens with zero attached hydrogens (tertiary/aromatic N) is 5. The van der Waals surface area contributed by atoms with Crippen LogP contribution < -0.4 is 5.56 Å². The molecule has 0 radical (unpaired) electrons. The first-order chi connectivity index (χ1) is 14.8. The van der Waals surface area contributed by atoms with E-state index in [9.17, 15) is 4.79 Å². The summed E-state index contributed by atoms with van der Waals surface area (Å²) in [5.74, 6) is 0. The van der Waals surface area contributed by atoms with Crippen LogP contribution in [-0.2, 0) is 17.8 Å². The SMILES string of the molecule is CCCCCCn1c2nc3ccccc3nc2c2c(=O)n(CC3CCCO3)cnc21. The van der Waals surface area contributed by atoms with Crippen LogP contribution in [-0.4, -0.2) is 36.8 Å². The third kappa shape index (κ3) is 3.37. The van der Waals surface area contributed by atoms with E-state index in [0.717, 1.165) is 55.5 Å². The van der Waals surface area contributed by atoms with Gasteiger partial charge in [-0.05, 0) is 31.4 Å². The highest BCUT2D eigenvalue weighted by Gasteiger charge is 2.22. The first-order valence-corrected chi connectivity index (χ1v) is 11.0. The summed E-state index contributed by atoms with van der Waals surface area (Å²) in [6.07, 6.45) is 8.33. The van der Waals surface area contributed by atoms with Gasteiger partial charge in [-0.2, -0.15) is 0 Å². The van der Waals surface area contributed by atoms with Gasteiger partial charge in [0, 0.05) is 13.2 Å². The van der Waals surface area contributed by atoms with Crippen molar-refractivity contribution >= 4 is 33.2 Å². The van der Waals surface area contributed by atoms with Gasteiger partial charge in [0.05, 0.1) is 30.0 Å². The number of ether oxygens (including phenoxy) is 1. The van der Waals surface area contributed by atoms with Crippen molar-refractivity contribution in [2.24, 2.45) is 0 Å². The zero-order valence-corrected chi connectivity index (χ0v) is 17.4. The summed E-state index contributed by atoms with van der Waals surface area (Å²) in [6.45, 7) is 4.29. The van der Waals surface area contributed by atoms with Crippen molar-refractivity contribution in [1.29, 1.82) is 0 Å². The van der Waals surface area contributed by atoms with Gasteiger partial charge < -0.3 is 9.30 Å². The lowest BCUT2D eigenvalue weighted by Crippen LogP contribution is -2.26. The summed E-state index contributed by atoms with van der Waals surface area (Å²) in [4.78, 5) is 27.9. The number of unbranched alkanes of at least 4 members (excludes halogenated alkanes) is 3. The number of para-hydroxylation sites is 2. The zero-order chi connectivity index (χ0) is 20.5. The standard InChI is InChI=1S/C23H27N5O2/c1-2-3-4-7-12-28-21-19(20-22(28)26-18-11-6-5-10-17(18)25-20)23(29)27(15-24-21)14-16-9-8-13-30-16/h5-6,10-11,15-16H,2-4,7-9,12-14H2,1H3. The molecule has 1 atom stereocenters. The van der Waals surface area contributed by atoms with Gasteiger partial charge in [0.1, 0.15) is 10.9 Å². The van der Waals surface area contributed by atoms with Crippen LogP contribution in [0.2, 0.25) is 0 Å². The third-order valence-electron chi connectivity index (χ3n) is 5.98. The van der Waals surface area contributed by atoms with E-state index in [1.54, 1.807) is 10.9 Å². The Morgan fingerprint density at radius 1 is 1.10 bits per heavy atom. The smallest absolute Gasteiger partial charge is 0.265 e. The molecule has 0 N–H and O–H groups in total. The number of benzene rings is 1. The molecule has 1 fully saturated rings. The highest BCUT2D eigenvalue weighted by Crippen LogP contribution is 2.25. The second kappa shape index (κ2) is 8.14. The van der Waals surface area contributed by atoms with Gasteiger partial charge >= 0.3 is 0 Å². The predicted molar refractivity (Wildman–Crippen MR) is 118 cm³/mol. The topological polar surface area (TPSA) is 74.8 Å². The van der Waals surface area contributed by atoms with E-state index in [1.807, 2.05) is 24.3 Å². The summed E-state index contributed by atoms with van der Waals surface area (Å²) < 4.78 is 9.49. The van der Waals surface area contributed by atoms with E-state index in [4.69, 9.17) is 19.7 Å². The van der Waals surface area contributed by atoms with Crippen molar-refractivity contribution < 1.29 is 4.74 Å². The molecule has 5 rings (SSSR count). The number of fused-ring (bicyclic) bond motifs is 4. The van der Waals surface area contributed by atoms with E-state index >= 15 is 0 Å². The Labute approximate surface area is 174 Å². The Bertz CT molecular complexity index is 1250. The van der Waals surface area contributed by atoms with Gasteiger partial charge in [-0.3, -0.25) is 9.36 Å². The van der Waals surface area contributed by atoms with Crippen molar-refractivity contribution in [3.8, 4) is 0 Å². The van der Waals surface area contributed by atoms with Crippen LogP contribution in [0.3, 0.4) is 0 Å². The molecule has 1 aliphatic rings. The molecule has 1 unspecified atom stereocenters. The van der Waals surface area contributed by atoms with Gasteiger partial charge in [0.15, 0.2) is 11.3 Å². The van der Waals surface area contributed by atoms with Crippen molar-refractivity contribution in [2.75, 3.05) is 6.61 Å². The van der Waals surface area contributed by atoms with Crippen LogP contribution >= 0.6 is 0 Å². The fourth-order valence-corrected chi connectivity index (χ4v) is 4.39. The summed E-state index contributed by atoms with van der Waals surface area (Å²) >= 11 is 0. The monoisotopic (exact) mass is 405 g/mol. The maximum absolute atomic E-state index is 13.4. The Hall–Kier alpha value is -2.80. The quantitative estimate of drug-likeness (QED) is 0.434. The van der Waals surface area contributed by atoms with Crippen LogP contribution in [0.5, 0.6) is 0 Å².